The van der Waals surface area contributed by atoms with Gasteiger partial charge in [-0.25, -0.2) is 8.78 Å². The van der Waals surface area contributed by atoms with Crippen molar-refractivity contribution in [1.29, 1.82) is 0 Å². The summed E-state index contributed by atoms with van der Waals surface area (Å²) in [5.41, 5.74) is 0. The Balaban J connectivity index is 2.30. The molecule has 100 valence electrons. The molecule has 0 radical (unpaired) electrons. The molecule has 1 saturated heterocycles. The molecule has 4 nitrogen and oxygen atoms in total. The molecular formula is C11H20F2N2O2. The smallest absolute Gasteiger partial charge is 0.255 e. The van der Waals surface area contributed by atoms with Gasteiger partial charge in [-0.2, -0.15) is 0 Å². The number of rotatable bonds is 7. The van der Waals surface area contributed by atoms with E-state index in [1.54, 1.807) is 0 Å². The van der Waals surface area contributed by atoms with Gasteiger partial charge in [-0.1, -0.05) is 0 Å². The number of aliphatic hydroxyl groups is 1. The van der Waals surface area contributed by atoms with E-state index < -0.39 is 13.0 Å². The minimum atomic E-state index is -2.54. The normalized spacial score (nSPS) is 16.7. The Labute approximate surface area is 100 Å². The van der Waals surface area contributed by atoms with Gasteiger partial charge in [0.2, 0.25) is 5.91 Å². The molecule has 0 aromatic heterocycles. The first-order chi connectivity index (χ1) is 8.13. The Bertz CT molecular complexity index is 234. The molecule has 1 N–H and O–H groups in total. The highest BCUT2D eigenvalue weighted by atomic mass is 19.3. The molecule has 0 aromatic carbocycles. The fourth-order valence-corrected chi connectivity index (χ4v) is 2.02. The molecule has 1 aliphatic rings. The largest absolute Gasteiger partial charge is 0.395 e. The second kappa shape index (κ2) is 7.55. The lowest BCUT2D eigenvalue weighted by Crippen LogP contribution is -2.38. The van der Waals surface area contributed by atoms with Gasteiger partial charge in [0.25, 0.3) is 6.43 Å². The highest BCUT2D eigenvalue weighted by Gasteiger charge is 2.19. The third-order valence-electron chi connectivity index (χ3n) is 2.92. The van der Waals surface area contributed by atoms with Crippen molar-refractivity contribution >= 4 is 5.91 Å². The van der Waals surface area contributed by atoms with E-state index in [4.69, 9.17) is 5.11 Å². The summed E-state index contributed by atoms with van der Waals surface area (Å²) in [5, 5.41) is 8.73. The summed E-state index contributed by atoms with van der Waals surface area (Å²) in [4.78, 5) is 14.9. The lowest BCUT2D eigenvalue weighted by Gasteiger charge is -2.22. The molecule has 0 aliphatic carbocycles. The summed E-state index contributed by atoms with van der Waals surface area (Å²) < 4.78 is 24.4. The molecule has 0 unspecified atom stereocenters. The molecule has 1 aliphatic heterocycles. The molecule has 1 fully saturated rings. The number of halogens is 2. The molecule has 6 heteroatoms. The van der Waals surface area contributed by atoms with Crippen LogP contribution < -0.4 is 0 Å². The number of alkyl halides is 2. The molecule has 17 heavy (non-hydrogen) atoms. The lowest BCUT2D eigenvalue weighted by atomic mass is 10.3. The van der Waals surface area contributed by atoms with Crippen LogP contribution in [0.3, 0.4) is 0 Å². The maximum absolute atomic E-state index is 12.2. The van der Waals surface area contributed by atoms with E-state index in [2.05, 4.69) is 4.90 Å². The number of carbonyl (C=O) groups is 1. The zero-order valence-electron chi connectivity index (χ0n) is 9.95. The van der Waals surface area contributed by atoms with Crippen LogP contribution in [0, 0.1) is 0 Å². The summed E-state index contributed by atoms with van der Waals surface area (Å²) >= 11 is 0. The minimum absolute atomic E-state index is 0.0107. The van der Waals surface area contributed by atoms with E-state index in [9.17, 15) is 13.6 Å². The van der Waals surface area contributed by atoms with Gasteiger partial charge in [-0.3, -0.25) is 4.79 Å². The monoisotopic (exact) mass is 250 g/mol. The summed E-state index contributed by atoms with van der Waals surface area (Å²) in [7, 11) is 0. The van der Waals surface area contributed by atoms with Gasteiger partial charge in [-0.05, 0) is 25.9 Å². The average Bonchev–Trinajstić information content (AvgIpc) is 2.77. The van der Waals surface area contributed by atoms with Crippen molar-refractivity contribution in [3.8, 4) is 0 Å². The van der Waals surface area contributed by atoms with Crippen molar-refractivity contribution in [2.24, 2.45) is 0 Å². The SMILES string of the molecule is O=C(CCN1CCCC1)N(CCO)CC(F)F. The summed E-state index contributed by atoms with van der Waals surface area (Å²) in [6.07, 6.45) is 0.00133. The molecule has 0 aromatic rings. The third-order valence-corrected chi connectivity index (χ3v) is 2.92. The zero-order valence-corrected chi connectivity index (χ0v) is 9.95. The van der Waals surface area contributed by atoms with E-state index >= 15 is 0 Å². The lowest BCUT2D eigenvalue weighted by molar-refractivity contribution is -0.134. The maximum Gasteiger partial charge on any atom is 0.255 e. The van der Waals surface area contributed by atoms with E-state index in [-0.39, 0.29) is 25.5 Å². The van der Waals surface area contributed by atoms with Crippen molar-refractivity contribution in [3.05, 3.63) is 0 Å². The van der Waals surface area contributed by atoms with Crippen LogP contribution in [-0.2, 0) is 4.79 Å². The second-order valence-electron chi connectivity index (χ2n) is 4.25. The van der Waals surface area contributed by atoms with Crippen LogP contribution in [0.4, 0.5) is 8.78 Å². The van der Waals surface area contributed by atoms with E-state index in [1.807, 2.05) is 0 Å². The highest BCUT2D eigenvalue weighted by molar-refractivity contribution is 5.76. The van der Waals surface area contributed by atoms with Crippen molar-refractivity contribution in [3.63, 3.8) is 0 Å². The first-order valence-corrected chi connectivity index (χ1v) is 6.02. The number of carbonyl (C=O) groups excluding carboxylic acids is 1. The van der Waals surface area contributed by atoms with Crippen molar-refractivity contribution < 1.29 is 18.7 Å². The van der Waals surface area contributed by atoms with E-state index in [0.29, 0.717) is 6.54 Å². The van der Waals surface area contributed by atoms with Gasteiger partial charge in [0, 0.05) is 19.5 Å². The van der Waals surface area contributed by atoms with Crippen LogP contribution in [0.5, 0.6) is 0 Å². The Kier molecular flexibility index (Phi) is 6.36. The fourth-order valence-electron chi connectivity index (χ4n) is 2.02. The maximum atomic E-state index is 12.2. The van der Waals surface area contributed by atoms with Crippen molar-refractivity contribution in [2.75, 3.05) is 39.3 Å². The molecule has 0 spiro atoms. The van der Waals surface area contributed by atoms with Crippen LogP contribution in [-0.4, -0.2) is 66.6 Å². The molecule has 1 rings (SSSR count). The zero-order chi connectivity index (χ0) is 12.7. The number of hydrogen-bond acceptors (Lipinski definition) is 3. The predicted molar refractivity (Wildman–Crippen MR) is 60.0 cm³/mol. The summed E-state index contributed by atoms with van der Waals surface area (Å²) in [6.45, 7) is 1.74. The van der Waals surface area contributed by atoms with Gasteiger partial charge < -0.3 is 14.9 Å². The summed E-state index contributed by atoms with van der Waals surface area (Å²) in [5.74, 6) is -0.300. The Morgan fingerprint density at radius 2 is 2.00 bits per heavy atom. The number of nitrogens with zero attached hydrogens (tertiary/aromatic N) is 2. The molecule has 1 amide bonds. The molecular weight excluding hydrogens is 230 g/mol. The number of hydrogen-bond donors (Lipinski definition) is 1. The Morgan fingerprint density at radius 1 is 1.35 bits per heavy atom. The summed E-state index contributed by atoms with van der Waals surface area (Å²) in [6, 6.07) is 0. The Hall–Kier alpha value is -0.750. The van der Waals surface area contributed by atoms with Crippen molar-refractivity contribution in [1.82, 2.24) is 9.80 Å². The van der Waals surface area contributed by atoms with E-state index in [0.717, 1.165) is 30.8 Å². The number of amides is 1. The van der Waals surface area contributed by atoms with Crippen LogP contribution in [0.25, 0.3) is 0 Å². The molecule has 0 atom stereocenters. The van der Waals surface area contributed by atoms with Gasteiger partial charge in [0.15, 0.2) is 0 Å². The van der Waals surface area contributed by atoms with Gasteiger partial charge >= 0.3 is 0 Å². The quantitative estimate of drug-likeness (QED) is 0.718. The number of likely N-dealkylation sites (tertiary alicyclic amines) is 1. The second-order valence-corrected chi connectivity index (χ2v) is 4.25. The third kappa shape index (κ3) is 5.41. The molecule has 1 heterocycles. The van der Waals surface area contributed by atoms with Crippen LogP contribution in [0.1, 0.15) is 19.3 Å². The van der Waals surface area contributed by atoms with Crippen LogP contribution in [0.2, 0.25) is 0 Å². The molecule has 0 bridgehead atoms. The van der Waals surface area contributed by atoms with Gasteiger partial charge in [0.05, 0.1) is 13.2 Å². The van der Waals surface area contributed by atoms with Crippen LogP contribution in [0.15, 0.2) is 0 Å². The molecule has 0 saturated carbocycles. The highest BCUT2D eigenvalue weighted by Crippen LogP contribution is 2.08. The standard InChI is InChI=1S/C11H20F2N2O2/c12-10(13)9-15(7-8-16)11(17)3-6-14-4-1-2-5-14/h10,16H,1-9H2. The van der Waals surface area contributed by atoms with E-state index in [1.165, 1.54) is 0 Å². The van der Waals surface area contributed by atoms with Crippen molar-refractivity contribution in [2.45, 2.75) is 25.7 Å². The Morgan fingerprint density at radius 3 is 2.53 bits per heavy atom. The minimum Gasteiger partial charge on any atom is -0.395 e. The fraction of sp³-hybridized carbons (Fsp3) is 0.909. The first-order valence-electron chi connectivity index (χ1n) is 6.02. The topological polar surface area (TPSA) is 43.8 Å². The first kappa shape index (κ1) is 14.3. The van der Waals surface area contributed by atoms with Gasteiger partial charge in [0.1, 0.15) is 0 Å². The van der Waals surface area contributed by atoms with Gasteiger partial charge in [-0.15, -0.1) is 0 Å². The predicted octanol–water partition coefficient (Wildman–Crippen LogP) is 0.558. The number of aliphatic hydroxyl groups excluding tert-OH is 1. The van der Waals surface area contributed by atoms with Crippen LogP contribution >= 0.6 is 0 Å². The average molecular weight is 250 g/mol.